The van der Waals surface area contributed by atoms with Crippen molar-refractivity contribution in [2.24, 2.45) is 5.92 Å². The van der Waals surface area contributed by atoms with E-state index in [9.17, 15) is 14.1 Å². The van der Waals surface area contributed by atoms with Crippen molar-refractivity contribution < 1.29 is 14.1 Å². The predicted molar refractivity (Wildman–Crippen MR) is 105 cm³/mol. The summed E-state index contributed by atoms with van der Waals surface area (Å²) in [6.07, 6.45) is 8.81. The fraction of sp³-hybridized carbons (Fsp3) is 0.421. The average Bonchev–Trinajstić information content (AvgIpc) is 3.04. The number of benzene rings is 1. The largest absolute Gasteiger partial charge is 0.393 e. The molecule has 144 valence electrons. The molecule has 1 saturated carbocycles. The number of anilines is 1. The first-order valence-electron chi connectivity index (χ1n) is 8.83. The van der Waals surface area contributed by atoms with Gasteiger partial charge in [-0.05, 0) is 42.9 Å². The van der Waals surface area contributed by atoms with Crippen LogP contribution in [0.5, 0.6) is 0 Å². The minimum atomic E-state index is -1.20. The first-order chi connectivity index (χ1) is 13.0. The highest BCUT2D eigenvalue weighted by Gasteiger charge is 2.32. The van der Waals surface area contributed by atoms with E-state index in [2.05, 4.69) is 15.3 Å². The zero-order valence-electron chi connectivity index (χ0n) is 15.0. The number of halogens is 1. The van der Waals surface area contributed by atoms with Gasteiger partial charge in [-0.3, -0.25) is 14.0 Å². The maximum Gasteiger partial charge on any atom is 0.233 e. The van der Waals surface area contributed by atoms with Crippen LogP contribution in [0, 0.1) is 5.92 Å². The third-order valence-corrected chi connectivity index (χ3v) is 6.36. The highest BCUT2D eigenvalue weighted by molar-refractivity contribution is 7.84. The van der Waals surface area contributed by atoms with Gasteiger partial charge in [-0.2, -0.15) is 0 Å². The molecular weight excluding hydrogens is 386 g/mol. The SMILES string of the molecule is CS(=O)c1ccc(C(CC2CCCC2O)C(=O)Nc2cnccn2)cc1Cl. The molecule has 1 fully saturated rings. The van der Waals surface area contributed by atoms with Gasteiger partial charge in [0.05, 0.1) is 38.9 Å². The van der Waals surface area contributed by atoms with Crippen LogP contribution in [0.25, 0.3) is 0 Å². The van der Waals surface area contributed by atoms with Crippen molar-refractivity contribution >= 4 is 34.1 Å². The molecular formula is C19H22ClN3O3S. The van der Waals surface area contributed by atoms with Crippen molar-refractivity contribution in [3.05, 3.63) is 47.4 Å². The maximum absolute atomic E-state index is 13.0. The Kier molecular flexibility index (Phi) is 6.57. The molecule has 1 amide bonds. The van der Waals surface area contributed by atoms with Crippen LogP contribution >= 0.6 is 11.6 Å². The number of hydrogen-bond donors (Lipinski definition) is 2. The number of nitrogens with zero attached hydrogens (tertiary/aromatic N) is 2. The lowest BCUT2D eigenvalue weighted by molar-refractivity contribution is -0.118. The summed E-state index contributed by atoms with van der Waals surface area (Å²) < 4.78 is 11.7. The number of aliphatic hydroxyl groups is 1. The second kappa shape index (κ2) is 8.91. The molecule has 2 N–H and O–H groups in total. The van der Waals surface area contributed by atoms with E-state index >= 15 is 0 Å². The van der Waals surface area contributed by atoms with Crippen LogP contribution in [0.2, 0.25) is 5.02 Å². The molecule has 1 heterocycles. The van der Waals surface area contributed by atoms with Gasteiger partial charge in [0.25, 0.3) is 0 Å². The molecule has 8 heteroatoms. The van der Waals surface area contributed by atoms with Crippen LogP contribution in [0.3, 0.4) is 0 Å². The first-order valence-corrected chi connectivity index (χ1v) is 10.8. The van der Waals surface area contributed by atoms with Gasteiger partial charge in [0.2, 0.25) is 5.91 Å². The molecule has 6 nitrogen and oxygen atoms in total. The van der Waals surface area contributed by atoms with Crippen molar-refractivity contribution in [2.45, 2.75) is 42.6 Å². The van der Waals surface area contributed by atoms with Crippen molar-refractivity contribution in [1.29, 1.82) is 0 Å². The molecule has 4 unspecified atom stereocenters. The van der Waals surface area contributed by atoms with Crippen molar-refractivity contribution in [3.8, 4) is 0 Å². The van der Waals surface area contributed by atoms with E-state index in [4.69, 9.17) is 11.6 Å². The van der Waals surface area contributed by atoms with E-state index in [1.165, 1.54) is 18.6 Å². The van der Waals surface area contributed by atoms with Gasteiger partial charge in [-0.15, -0.1) is 0 Å². The lowest BCUT2D eigenvalue weighted by Gasteiger charge is -2.23. The zero-order valence-corrected chi connectivity index (χ0v) is 16.5. The molecule has 0 spiro atoms. The molecule has 3 rings (SSSR count). The van der Waals surface area contributed by atoms with E-state index in [1.54, 1.807) is 24.5 Å². The van der Waals surface area contributed by atoms with Gasteiger partial charge in [-0.25, -0.2) is 4.98 Å². The van der Waals surface area contributed by atoms with Crippen LogP contribution in [-0.2, 0) is 15.6 Å². The summed E-state index contributed by atoms with van der Waals surface area (Å²) in [5.74, 6) is -0.296. The monoisotopic (exact) mass is 407 g/mol. The third kappa shape index (κ3) is 4.91. The zero-order chi connectivity index (χ0) is 19.4. The number of rotatable bonds is 6. The number of aromatic nitrogens is 2. The highest BCUT2D eigenvalue weighted by Crippen LogP contribution is 2.36. The summed E-state index contributed by atoms with van der Waals surface area (Å²) in [5.41, 5.74) is 0.731. The second-order valence-corrected chi connectivity index (χ2v) is 8.53. The molecule has 0 aliphatic heterocycles. The number of aliphatic hydroxyl groups excluding tert-OH is 1. The molecule has 1 aliphatic rings. The molecule has 0 saturated heterocycles. The number of amides is 1. The van der Waals surface area contributed by atoms with Crippen molar-refractivity contribution in [3.63, 3.8) is 0 Å². The Morgan fingerprint density at radius 1 is 1.41 bits per heavy atom. The summed E-state index contributed by atoms with van der Waals surface area (Å²) in [6, 6.07) is 5.17. The summed E-state index contributed by atoms with van der Waals surface area (Å²) in [5, 5.41) is 13.4. The minimum Gasteiger partial charge on any atom is -0.393 e. The van der Waals surface area contributed by atoms with Crippen LogP contribution in [0.4, 0.5) is 5.82 Å². The van der Waals surface area contributed by atoms with Crippen molar-refractivity contribution in [2.75, 3.05) is 11.6 Å². The molecule has 4 atom stereocenters. The summed E-state index contributed by atoms with van der Waals surface area (Å²) in [6.45, 7) is 0. The topological polar surface area (TPSA) is 92.2 Å². The van der Waals surface area contributed by atoms with E-state index in [0.717, 1.165) is 24.8 Å². The number of nitrogens with one attached hydrogen (secondary N) is 1. The van der Waals surface area contributed by atoms with Gasteiger partial charge in [0, 0.05) is 18.6 Å². The molecule has 2 aromatic rings. The molecule has 1 aromatic carbocycles. The Morgan fingerprint density at radius 2 is 2.22 bits per heavy atom. The molecule has 1 aliphatic carbocycles. The van der Waals surface area contributed by atoms with Crippen LogP contribution in [0.15, 0.2) is 41.7 Å². The normalized spacial score (nSPS) is 21.6. The van der Waals surface area contributed by atoms with E-state index in [-0.39, 0.29) is 11.8 Å². The number of carbonyl (C=O) groups is 1. The molecule has 27 heavy (non-hydrogen) atoms. The Labute approximate surface area is 165 Å². The Bertz CT molecular complexity index is 834. The van der Waals surface area contributed by atoms with E-state index in [1.807, 2.05) is 0 Å². The fourth-order valence-corrected chi connectivity index (χ4v) is 4.64. The van der Waals surface area contributed by atoms with E-state index < -0.39 is 22.8 Å². The first kappa shape index (κ1) is 19.9. The maximum atomic E-state index is 13.0. The molecule has 1 aromatic heterocycles. The highest BCUT2D eigenvalue weighted by atomic mass is 35.5. The summed E-state index contributed by atoms with van der Waals surface area (Å²) in [7, 11) is -1.20. The summed E-state index contributed by atoms with van der Waals surface area (Å²) >= 11 is 6.28. The average molecular weight is 408 g/mol. The predicted octanol–water partition coefficient (Wildman–Crippen LogP) is 3.14. The van der Waals surface area contributed by atoms with Gasteiger partial charge in [-0.1, -0.05) is 24.1 Å². The fourth-order valence-electron chi connectivity index (χ4n) is 3.53. The third-order valence-electron chi connectivity index (χ3n) is 4.96. The smallest absolute Gasteiger partial charge is 0.233 e. The standard InChI is InChI=1S/C19H22ClN3O3S/c1-27(26)17-6-5-12(10-15(17)20)14(9-13-3-2-4-16(13)24)19(25)23-18-11-21-7-8-22-18/h5-8,10-11,13-14,16,24H,2-4,9H2,1H3,(H,22,23,25). The van der Waals surface area contributed by atoms with Crippen LogP contribution in [-0.4, -0.2) is 37.6 Å². The lowest BCUT2D eigenvalue weighted by atomic mass is 9.86. The van der Waals surface area contributed by atoms with Gasteiger partial charge in [0.15, 0.2) is 5.82 Å². The van der Waals surface area contributed by atoms with Gasteiger partial charge in [0.1, 0.15) is 0 Å². The molecule has 0 bridgehead atoms. The van der Waals surface area contributed by atoms with Crippen LogP contribution < -0.4 is 5.32 Å². The Hall–Kier alpha value is -1.83. The lowest BCUT2D eigenvalue weighted by Crippen LogP contribution is -2.26. The minimum absolute atomic E-state index is 0.0568. The van der Waals surface area contributed by atoms with Gasteiger partial charge < -0.3 is 10.4 Å². The quantitative estimate of drug-likeness (QED) is 0.767. The number of hydrogen-bond acceptors (Lipinski definition) is 5. The van der Waals surface area contributed by atoms with Gasteiger partial charge >= 0.3 is 0 Å². The van der Waals surface area contributed by atoms with E-state index in [0.29, 0.717) is 22.2 Å². The van der Waals surface area contributed by atoms with Crippen molar-refractivity contribution in [1.82, 2.24) is 9.97 Å². The van der Waals surface area contributed by atoms with Crippen LogP contribution in [0.1, 0.15) is 37.2 Å². The summed E-state index contributed by atoms with van der Waals surface area (Å²) in [4.78, 5) is 21.6. The Balaban J connectivity index is 1.88. The Morgan fingerprint density at radius 3 is 2.81 bits per heavy atom. The molecule has 0 radical (unpaired) electrons. The number of carbonyl (C=O) groups excluding carboxylic acids is 1. The second-order valence-electron chi connectivity index (χ2n) is 6.77.